The van der Waals surface area contributed by atoms with Crippen molar-refractivity contribution in [3.05, 3.63) is 64.8 Å². The van der Waals surface area contributed by atoms with E-state index in [-0.39, 0.29) is 6.04 Å². The first-order chi connectivity index (χ1) is 11.3. The Labute approximate surface area is 136 Å². The lowest BCUT2D eigenvalue weighted by Crippen LogP contribution is -2.30. The van der Waals surface area contributed by atoms with E-state index in [1.807, 2.05) is 6.92 Å². The quantitative estimate of drug-likeness (QED) is 0.764. The lowest BCUT2D eigenvalue weighted by Gasteiger charge is -2.25. The van der Waals surface area contributed by atoms with Crippen LogP contribution in [0.2, 0.25) is 0 Å². The Hall–Kier alpha value is -2.26. The van der Waals surface area contributed by atoms with Gasteiger partial charge >= 0.3 is 0 Å². The summed E-state index contributed by atoms with van der Waals surface area (Å²) in [7, 11) is 0. The molecule has 3 heteroatoms. The first-order valence-corrected chi connectivity index (χ1v) is 8.34. The molecule has 0 amide bonds. The van der Waals surface area contributed by atoms with Crippen LogP contribution in [0.15, 0.2) is 42.5 Å². The molecule has 23 heavy (non-hydrogen) atoms. The molecule has 0 aliphatic carbocycles. The maximum absolute atomic E-state index is 5.67. The molecule has 1 aliphatic rings. The Bertz CT molecular complexity index is 850. The third-order valence-corrected chi connectivity index (χ3v) is 4.69. The van der Waals surface area contributed by atoms with Crippen molar-refractivity contribution in [3.8, 4) is 5.75 Å². The molecule has 3 aromatic rings. The number of aromatic amines is 1. The normalized spacial score (nSPS) is 17.2. The topological polar surface area (TPSA) is 37.0 Å². The minimum absolute atomic E-state index is 0.223. The second kappa shape index (κ2) is 5.74. The number of hydrogen-bond donors (Lipinski definition) is 2. The van der Waals surface area contributed by atoms with E-state index in [9.17, 15) is 0 Å². The Morgan fingerprint density at radius 2 is 2.04 bits per heavy atom. The number of para-hydroxylation sites is 1. The molecule has 0 fully saturated rings. The third kappa shape index (κ3) is 2.41. The Balaban J connectivity index is 1.78. The fourth-order valence-electron chi connectivity index (χ4n) is 3.63. The fourth-order valence-corrected chi connectivity index (χ4v) is 3.63. The summed E-state index contributed by atoms with van der Waals surface area (Å²) in [5.74, 6) is 0.976. The summed E-state index contributed by atoms with van der Waals surface area (Å²) in [6.07, 6.45) is 1.08. The van der Waals surface area contributed by atoms with E-state index >= 15 is 0 Å². The van der Waals surface area contributed by atoms with Crippen molar-refractivity contribution in [2.45, 2.75) is 26.3 Å². The molecule has 1 aliphatic heterocycles. The van der Waals surface area contributed by atoms with E-state index < -0.39 is 0 Å². The summed E-state index contributed by atoms with van der Waals surface area (Å²) in [6.45, 7) is 5.84. The molecular formula is C20H22N2O. The average Bonchev–Trinajstić information content (AvgIpc) is 2.95. The van der Waals surface area contributed by atoms with Gasteiger partial charge in [0.2, 0.25) is 0 Å². The number of fused-ring (bicyclic) bond motifs is 3. The predicted octanol–water partition coefficient (Wildman–Crippen LogP) is 4.11. The average molecular weight is 306 g/mol. The van der Waals surface area contributed by atoms with Gasteiger partial charge in [0.15, 0.2) is 0 Å². The molecule has 0 radical (unpaired) electrons. The summed E-state index contributed by atoms with van der Waals surface area (Å²) < 4.78 is 5.67. The molecule has 2 N–H and O–H groups in total. The molecule has 2 heterocycles. The SMILES string of the molecule is CCOc1ccc(C2NCCc3c2[nH]c2ccccc32)cc1C. The van der Waals surface area contributed by atoms with Crippen molar-refractivity contribution in [2.24, 2.45) is 0 Å². The zero-order valence-electron chi connectivity index (χ0n) is 13.6. The van der Waals surface area contributed by atoms with Gasteiger partial charge in [0, 0.05) is 23.1 Å². The van der Waals surface area contributed by atoms with Gasteiger partial charge in [0.1, 0.15) is 5.75 Å². The number of hydrogen-bond acceptors (Lipinski definition) is 2. The summed E-state index contributed by atoms with van der Waals surface area (Å²) in [6, 6.07) is 15.3. The molecule has 0 saturated carbocycles. The van der Waals surface area contributed by atoms with Crippen molar-refractivity contribution in [1.29, 1.82) is 0 Å². The molecule has 118 valence electrons. The number of rotatable bonds is 3. The van der Waals surface area contributed by atoms with Crippen LogP contribution in [0.1, 0.15) is 35.3 Å². The standard InChI is InChI=1S/C20H22N2O/c1-3-23-18-9-8-14(12-13(18)2)19-20-16(10-11-21-19)15-6-4-5-7-17(15)22-20/h4-9,12,19,21-22H,3,10-11H2,1-2H3. The van der Waals surface area contributed by atoms with Crippen LogP contribution in [0.25, 0.3) is 10.9 Å². The van der Waals surface area contributed by atoms with Crippen molar-refractivity contribution in [3.63, 3.8) is 0 Å². The lowest BCUT2D eigenvalue weighted by molar-refractivity contribution is 0.337. The van der Waals surface area contributed by atoms with Crippen LogP contribution in [0.4, 0.5) is 0 Å². The highest BCUT2D eigenvalue weighted by molar-refractivity contribution is 5.85. The van der Waals surface area contributed by atoms with Gasteiger partial charge in [-0.05, 0) is 49.1 Å². The predicted molar refractivity (Wildman–Crippen MR) is 94.2 cm³/mol. The number of benzene rings is 2. The fraction of sp³-hybridized carbons (Fsp3) is 0.300. The molecule has 4 rings (SSSR count). The Kier molecular flexibility index (Phi) is 3.58. The van der Waals surface area contributed by atoms with Gasteiger partial charge in [-0.1, -0.05) is 30.3 Å². The number of aryl methyl sites for hydroxylation is 1. The molecule has 0 saturated heterocycles. The van der Waals surface area contributed by atoms with E-state index in [2.05, 4.69) is 59.7 Å². The van der Waals surface area contributed by atoms with Gasteiger partial charge in [-0.2, -0.15) is 0 Å². The van der Waals surface area contributed by atoms with Crippen LogP contribution in [-0.4, -0.2) is 18.1 Å². The monoisotopic (exact) mass is 306 g/mol. The van der Waals surface area contributed by atoms with Gasteiger partial charge in [0.25, 0.3) is 0 Å². The largest absolute Gasteiger partial charge is 0.494 e. The van der Waals surface area contributed by atoms with Crippen molar-refractivity contribution >= 4 is 10.9 Å². The highest BCUT2D eigenvalue weighted by atomic mass is 16.5. The summed E-state index contributed by atoms with van der Waals surface area (Å²) in [4.78, 5) is 3.63. The molecule has 0 spiro atoms. The maximum Gasteiger partial charge on any atom is 0.122 e. The molecule has 0 bridgehead atoms. The maximum atomic E-state index is 5.67. The second-order valence-corrected chi connectivity index (χ2v) is 6.16. The minimum Gasteiger partial charge on any atom is -0.494 e. The van der Waals surface area contributed by atoms with Crippen LogP contribution in [0.3, 0.4) is 0 Å². The third-order valence-electron chi connectivity index (χ3n) is 4.69. The Morgan fingerprint density at radius 3 is 2.87 bits per heavy atom. The first kappa shape index (κ1) is 14.3. The van der Waals surface area contributed by atoms with E-state index in [0.29, 0.717) is 6.61 Å². The van der Waals surface area contributed by atoms with Crippen molar-refractivity contribution < 1.29 is 4.74 Å². The highest BCUT2D eigenvalue weighted by Gasteiger charge is 2.25. The first-order valence-electron chi connectivity index (χ1n) is 8.34. The summed E-state index contributed by atoms with van der Waals surface area (Å²) in [5.41, 5.74) is 6.47. The number of nitrogens with one attached hydrogen (secondary N) is 2. The molecule has 1 unspecified atom stereocenters. The van der Waals surface area contributed by atoms with Gasteiger partial charge in [-0.25, -0.2) is 0 Å². The van der Waals surface area contributed by atoms with E-state index in [1.165, 1.54) is 33.3 Å². The smallest absolute Gasteiger partial charge is 0.122 e. The van der Waals surface area contributed by atoms with E-state index in [4.69, 9.17) is 4.74 Å². The van der Waals surface area contributed by atoms with E-state index in [0.717, 1.165) is 18.7 Å². The van der Waals surface area contributed by atoms with Crippen molar-refractivity contribution in [2.75, 3.05) is 13.2 Å². The molecule has 3 nitrogen and oxygen atoms in total. The van der Waals surface area contributed by atoms with Crippen LogP contribution >= 0.6 is 0 Å². The highest BCUT2D eigenvalue weighted by Crippen LogP contribution is 2.34. The minimum atomic E-state index is 0.223. The number of aromatic nitrogens is 1. The molecule has 1 aromatic heterocycles. The second-order valence-electron chi connectivity index (χ2n) is 6.16. The molecular weight excluding hydrogens is 284 g/mol. The van der Waals surface area contributed by atoms with Crippen molar-refractivity contribution in [1.82, 2.24) is 10.3 Å². The number of ether oxygens (including phenoxy) is 1. The number of H-pyrrole nitrogens is 1. The lowest BCUT2D eigenvalue weighted by atomic mass is 9.93. The van der Waals surface area contributed by atoms with Gasteiger partial charge in [-0.3, -0.25) is 0 Å². The summed E-state index contributed by atoms with van der Waals surface area (Å²) >= 11 is 0. The van der Waals surface area contributed by atoms with Gasteiger partial charge in [-0.15, -0.1) is 0 Å². The van der Waals surface area contributed by atoms with Crippen LogP contribution in [0, 0.1) is 6.92 Å². The zero-order valence-corrected chi connectivity index (χ0v) is 13.6. The van der Waals surface area contributed by atoms with Crippen LogP contribution < -0.4 is 10.1 Å². The van der Waals surface area contributed by atoms with Gasteiger partial charge < -0.3 is 15.0 Å². The van der Waals surface area contributed by atoms with Gasteiger partial charge in [0.05, 0.1) is 12.6 Å². The van der Waals surface area contributed by atoms with E-state index in [1.54, 1.807) is 0 Å². The summed E-state index contributed by atoms with van der Waals surface area (Å²) in [5, 5.41) is 5.02. The molecule has 1 atom stereocenters. The van der Waals surface area contributed by atoms with Crippen LogP contribution in [0.5, 0.6) is 5.75 Å². The Morgan fingerprint density at radius 1 is 1.17 bits per heavy atom. The zero-order chi connectivity index (χ0) is 15.8. The van der Waals surface area contributed by atoms with Crippen LogP contribution in [-0.2, 0) is 6.42 Å². The molecule has 2 aromatic carbocycles.